The van der Waals surface area contributed by atoms with Crippen LogP contribution in [0.1, 0.15) is 16.1 Å². The number of anilines is 1. The van der Waals surface area contributed by atoms with Gasteiger partial charge < -0.3 is 24.5 Å². The van der Waals surface area contributed by atoms with Gasteiger partial charge >= 0.3 is 5.97 Å². The first-order valence-corrected chi connectivity index (χ1v) is 8.28. The Morgan fingerprint density at radius 3 is 2.37 bits per heavy atom. The molecule has 0 spiro atoms. The minimum atomic E-state index is -0.594. The average molecular weight is 368 g/mol. The second-order valence-corrected chi connectivity index (χ2v) is 5.94. The molecule has 0 atom stereocenters. The Morgan fingerprint density at radius 2 is 1.74 bits per heavy atom. The van der Waals surface area contributed by atoms with Crippen LogP contribution in [-0.2, 0) is 9.53 Å². The summed E-state index contributed by atoms with van der Waals surface area (Å²) < 4.78 is 15.4. The quantitative estimate of drug-likeness (QED) is 0.652. The molecule has 3 rings (SSSR count). The first-order valence-electron chi connectivity index (χ1n) is 8.28. The summed E-state index contributed by atoms with van der Waals surface area (Å²) in [5.41, 5.74) is 2.67. The number of ether oxygens (including phenoxy) is 3. The van der Waals surface area contributed by atoms with Crippen molar-refractivity contribution in [2.24, 2.45) is 0 Å². The van der Waals surface area contributed by atoms with Gasteiger partial charge in [0.2, 0.25) is 0 Å². The van der Waals surface area contributed by atoms with Gasteiger partial charge in [-0.3, -0.25) is 4.79 Å². The number of benzene rings is 2. The molecule has 27 heavy (non-hydrogen) atoms. The van der Waals surface area contributed by atoms with Gasteiger partial charge in [-0.15, -0.1) is 0 Å². The van der Waals surface area contributed by atoms with Crippen molar-refractivity contribution in [2.75, 3.05) is 26.1 Å². The predicted octanol–water partition coefficient (Wildman–Crippen LogP) is 3.29. The van der Waals surface area contributed by atoms with Crippen molar-refractivity contribution in [2.45, 2.75) is 6.92 Å². The van der Waals surface area contributed by atoms with E-state index in [1.165, 1.54) is 14.2 Å². The van der Waals surface area contributed by atoms with Crippen molar-refractivity contribution in [1.82, 2.24) is 4.98 Å². The van der Waals surface area contributed by atoms with Crippen molar-refractivity contribution in [1.29, 1.82) is 0 Å². The summed E-state index contributed by atoms with van der Waals surface area (Å²) in [4.78, 5) is 27.3. The molecule has 140 valence electrons. The summed E-state index contributed by atoms with van der Waals surface area (Å²) in [5, 5.41) is 3.59. The number of hydrogen-bond donors (Lipinski definition) is 2. The van der Waals surface area contributed by atoms with Gasteiger partial charge in [0, 0.05) is 34.8 Å². The van der Waals surface area contributed by atoms with Crippen LogP contribution in [0.25, 0.3) is 10.9 Å². The van der Waals surface area contributed by atoms with Crippen LogP contribution in [0.3, 0.4) is 0 Å². The van der Waals surface area contributed by atoms with Gasteiger partial charge in [-0.25, -0.2) is 4.79 Å². The number of fused-ring (bicyclic) bond motifs is 1. The molecule has 0 aliphatic rings. The zero-order chi connectivity index (χ0) is 19.4. The van der Waals surface area contributed by atoms with Crippen LogP contribution in [0.15, 0.2) is 42.5 Å². The van der Waals surface area contributed by atoms with Gasteiger partial charge in [-0.1, -0.05) is 12.1 Å². The number of carbonyl (C=O) groups is 2. The van der Waals surface area contributed by atoms with E-state index in [2.05, 4.69) is 10.3 Å². The Bertz CT molecular complexity index is 971. The highest BCUT2D eigenvalue weighted by molar-refractivity contribution is 5.98. The van der Waals surface area contributed by atoms with Crippen LogP contribution in [0.4, 0.5) is 5.69 Å². The van der Waals surface area contributed by atoms with Crippen LogP contribution in [0, 0.1) is 6.92 Å². The summed E-state index contributed by atoms with van der Waals surface area (Å²) in [6.45, 7) is 1.55. The number of methoxy groups -OCH3 is 2. The topological polar surface area (TPSA) is 89.6 Å². The molecule has 7 nitrogen and oxygen atoms in total. The molecule has 2 aromatic carbocycles. The van der Waals surface area contributed by atoms with Crippen LogP contribution in [0.5, 0.6) is 11.5 Å². The summed E-state index contributed by atoms with van der Waals surface area (Å²) in [5.74, 6) is 0.0140. The molecule has 0 unspecified atom stereocenters. The molecule has 7 heteroatoms. The normalized spacial score (nSPS) is 10.5. The molecule has 2 N–H and O–H groups in total. The lowest BCUT2D eigenvalue weighted by atomic mass is 10.1. The van der Waals surface area contributed by atoms with E-state index < -0.39 is 18.5 Å². The molecular formula is C20H20N2O5. The molecule has 0 bridgehead atoms. The lowest BCUT2D eigenvalue weighted by Crippen LogP contribution is -2.21. The number of aromatic amines is 1. The number of carbonyl (C=O) groups excluding carboxylic acids is 2. The molecule has 3 aromatic rings. The van der Waals surface area contributed by atoms with Crippen LogP contribution >= 0.6 is 0 Å². The average Bonchev–Trinajstić information content (AvgIpc) is 3.11. The molecule has 0 aliphatic carbocycles. The number of rotatable bonds is 6. The fraction of sp³-hybridized carbons (Fsp3) is 0.200. The fourth-order valence-electron chi connectivity index (χ4n) is 2.70. The molecule has 0 aliphatic heterocycles. The maximum Gasteiger partial charge on any atom is 0.355 e. The largest absolute Gasteiger partial charge is 0.497 e. The highest BCUT2D eigenvalue weighted by Gasteiger charge is 2.14. The van der Waals surface area contributed by atoms with Gasteiger partial charge in [0.15, 0.2) is 6.61 Å². The Balaban J connectivity index is 1.63. The van der Waals surface area contributed by atoms with E-state index in [4.69, 9.17) is 14.2 Å². The highest BCUT2D eigenvalue weighted by Crippen LogP contribution is 2.25. The minimum Gasteiger partial charge on any atom is -0.497 e. The fourth-order valence-corrected chi connectivity index (χ4v) is 2.70. The smallest absolute Gasteiger partial charge is 0.355 e. The zero-order valence-corrected chi connectivity index (χ0v) is 15.3. The van der Waals surface area contributed by atoms with Crippen LogP contribution < -0.4 is 14.8 Å². The van der Waals surface area contributed by atoms with Crippen LogP contribution in [-0.4, -0.2) is 37.7 Å². The Labute approximate surface area is 156 Å². The van der Waals surface area contributed by atoms with Gasteiger partial charge in [0.05, 0.1) is 14.2 Å². The number of H-pyrrole nitrogens is 1. The zero-order valence-electron chi connectivity index (χ0n) is 15.3. The number of nitrogens with one attached hydrogen (secondary N) is 2. The minimum absolute atomic E-state index is 0.301. The first-order chi connectivity index (χ1) is 13.0. The van der Waals surface area contributed by atoms with Crippen molar-refractivity contribution < 1.29 is 23.8 Å². The summed E-state index contributed by atoms with van der Waals surface area (Å²) in [7, 11) is 3.04. The van der Waals surface area contributed by atoms with E-state index in [1.807, 2.05) is 25.1 Å². The monoisotopic (exact) mass is 368 g/mol. The SMILES string of the molecule is COc1cc(NC(=O)COC(=O)c2cc3c(C)cccc3[nH]2)cc(OC)c1. The van der Waals surface area contributed by atoms with E-state index >= 15 is 0 Å². The second kappa shape index (κ2) is 7.82. The molecule has 0 saturated carbocycles. The van der Waals surface area contributed by atoms with E-state index in [-0.39, 0.29) is 0 Å². The van der Waals surface area contributed by atoms with Crippen molar-refractivity contribution in [3.63, 3.8) is 0 Å². The Hall–Kier alpha value is -3.48. The molecule has 1 amide bonds. The third-order valence-corrected chi connectivity index (χ3v) is 4.07. The Kier molecular flexibility index (Phi) is 5.30. The standard InChI is InChI=1S/C20H20N2O5/c1-12-5-4-6-17-16(12)10-18(22-17)20(24)27-11-19(23)21-13-7-14(25-2)9-15(8-13)26-3/h4-10,22H,11H2,1-3H3,(H,21,23). The molecule has 1 heterocycles. The molecule has 1 aromatic heterocycles. The number of esters is 1. The molecule has 0 fully saturated rings. The van der Waals surface area contributed by atoms with Crippen molar-refractivity contribution in [3.05, 3.63) is 53.7 Å². The van der Waals surface area contributed by atoms with E-state index in [0.717, 1.165) is 16.5 Å². The van der Waals surface area contributed by atoms with Gasteiger partial charge in [0.25, 0.3) is 5.91 Å². The van der Waals surface area contributed by atoms with Crippen LogP contribution in [0.2, 0.25) is 0 Å². The van der Waals surface area contributed by atoms with Crippen molar-refractivity contribution >= 4 is 28.5 Å². The number of aryl methyl sites for hydroxylation is 1. The number of aromatic nitrogens is 1. The summed E-state index contributed by atoms with van der Waals surface area (Å²) in [6, 6.07) is 12.4. The maximum absolute atomic E-state index is 12.2. The third-order valence-electron chi connectivity index (χ3n) is 4.07. The molecular weight excluding hydrogens is 348 g/mol. The summed E-state index contributed by atoms with van der Waals surface area (Å²) in [6.07, 6.45) is 0. The predicted molar refractivity (Wildman–Crippen MR) is 101 cm³/mol. The first kappa shape index (κ1) is 18.3. The van der Waals surface area contributed by atoms with Gasteiger partial charge in [-0.05, 0) is 24.6 Å². The maximum atomic E-state index is 12.2. The Morgan fingerprint density at radius 1 is 1.04 bits per heavy atom. The number of hydrogen-bond acceptors (Lipinski definition) is 5. The van der Waals surface area contributed by atoms with Crippen molar-refractivity contribution in [3.8, 4) is 11.5 Å². The second-order valence-electron chi connectivity index (χ2n) is 5.94. The highest BCUT2D eigenvalue weighted by atomic mass is 16.5. The lowest BCUT2D eigenvalue weighted by Gasteiger charge is -2.10. The third kappa shape index (κ3) is 4.20. The van der Waals surface area contributed by atoms with Gasteiger partial charge in [0.1, 0.15) is 17.2 Å². The van der Waals surface area contributed by atoms with E-state index in [9.17, 15) is 9.59 Å². The van der Waals surface area contributed by atoms with E-state index in [0.29, 0.717) is 22.9 Å². The number of amides is 1. The molecule has 0 radical (unpaired) electrons. The molecule has 0 saturated heterocycles. The van der Waals surface area contributed by atoms with E-state index in [1.54, 1.807) is 24.3 Å². The van der Waals surface area contributed by atoms with Gasteiger partial charge in [-0.2, -0.15) is 0 Å². The lowest BCUT2D eigenvalue weighted by molar-refractivity contribution is -0.119. The summed E-state index contributed by atoms with van der Waals surface area (Å²) >= 11 is 0.